The van der Waals surface area contributed by atoms with Crippen LogP contribution >= 0.6 is 11.8 Å². The van der Waals surface area contributed by atoms with Crippen LogP contribution in [0.25, 0.3) is 0 Å². The molecule has 0 amide bonds. The van der Waals surface area contributed by atoms with E-state index in [1.807, 2.05) is 36.4 Å². The summed E-state index contributed by atoms with van der Waals surface area (Å²) in [5.74, 6) is -0.163. The maximum Gasteiger partial charge on any atom is 0.440 e. The summed E-state index contributed by atoms with van der Waals surface area (Å²) in [5.41, 5.74) is 0.600. The lowest BCUT2D eigenvalue weighted by Crippen LogP contribution is -2.20. The number of nitrogens with zero attached hydrogens (tertiary/aromatic N) is 2. The van der Waals surface area contributed by atoms with Gasteiger partial charge in [-0.15, -0.1) is 0 Å². The van der Waals surface area contributed by atoms with Gasteiger partial charge in [0.2, 0.25) is 0 Å². The van der Waals surface area contributed by atoms with Crippen LogP contribution in [0.1, 0.15) is 16.1 Å². The number of benzene rings is 2. The molecular formula is C19H16N2O4S. The van der Waals surface area contributed by atoms with Gasteiger partial charge in [0.1, 0.15) is 16.3 Å². The number of carbonyl (C=O) groups excluding carboxylic acids is 2. The molecule has 6 nitrogen and oxygen atoms in total. The van der Waals surface area contributed by atoms with Gasteiger partial charge in [0, 0.05) is 4.90 Å². The number of methoxy groups -OCH3 is 1. The molecule has 3 rings (SSSR count). The summed E-state index contributed by atoms with van der Waals surface area (Å²) in [6, 6.07) is 18.1. The fourth-order valence-corrected chi connectivity index (χ4v) is 3.27. The van der Waals surface area contributed by atoms with E-state index in [4.69, 9.17) is 9.47 Å². The second kappa shape index (κ2) is 7.88. The molecule has 0 N–H and O–H groups in total. The normalized spacial score (nSPS) is 10.4. The van der Waals surface area contributed by atoms with Crippen LogP contribution in [0.5, 0.6) is 5.75 Å². The van der Waals surface area contributed by atoms with Gasteiger partial charge >= 0.3 is 12.1 Å². The zero-order valence-electron chi connectivity index (χ0n) is 14.2. The van der Waals surface area contributed by atoms with Crippen molar-refractivity contribution in [3.05, 3.63) is 71.9 Å². The van der Waals surface area contributed by atoms with Crippen molar-refractivity contribution in [1.82, 2.24) is 9.78 Å². The second-order valence-corrected chi connectivity index (χ2v) is 6.33. The first-order chi connectivity index (χ1) is 12.6. The molecule has 0 aliphatic carbocycles. The molecular weight excluding hydrogens is 352 g/mol. The number of hydrogen-bond acceptors (Lipinski definition) is 6. The Morgan fingerprint density at radius 2 is 1.62 bits per heavy atom. The maximum absolute atomic E-state index is 12.5. The average molecular weight is 368 g/mol. The van der Waals surface area contributed by atoms with Crippen LogP contribution in [-0.4, -0.2) is 29.0 Å². The number of hydrogen-bond donors (Lipinski definition) is 0. The highest BCUT2D eigenvalue weighted by molar-refractivity contribution is 7.99. The van der Waals surface area contributed by atoms with Crippen LogP contribution in [0.2, 0.25) is 0 Å². The van der Waals surface area contributed by atoms with E-state index in [0.29, 0.717) is 16.5 Å². The van der Waals surface area contributed by atoms with Gasteiger partial charge in [-0.3, -0.25) is 0 Å². The summed E-state index contributed by atoms with van der Waals surface area (Å²) < 4.78 is 11.2. The maximum atomic E-state index is 12.5. The molecule has 0 saturated carbocycles. The van der Waals surface area contributed by atoms with E-state index in [-0.39, 0.29) is 5.56 Å². The van der Waals surface area contributed by atoms with Crippen molar-refractivity contribution in [2.24, 2.45) is 0 Å². The zero-order chi connectivity index (χ0) is 18.5. The van der Waals surface area contributed by atoms with E-state index < -0.39 is 12.1 Å². The quantitative estimate of drug-likeness (QED) is 0.644. The standard InChI is InChI=1S/C19H16N2O4S/c1-13-16(18(22)24-2)17(26-15-11-7-4-8-12-15)20-21(13)19(23)25-14-9-5-3-6-10-14/h3-12H,1-2H3. The first-order valence-corrected chi connectivity index (χ1v) is 8.60. The fraction of sp³-hybridized carbons (Fsp3) is 0.105. The van der Waals surface area contributed by atoms with Crippen molar-refractivity contribution in [1.29, 1.82) is 0 Å². The van der Waals surface area contributed by atoms with Crippen molar-refractivity contribution in [2.45, 2.75) is 16.8 Å². The van der Waals surface area contributed by atoms with Crippen molar-refractivity contribution >= 4 is 23.8 Å². The fourth-order valence-electron chi connectivity index (χ4n) is 2.30. The summed E-state index contributed by atoms with van der Waals surface area (Å²) in [6.07, 6.45) is -0.696. The minimum atomic E-state index is -0.696. The van der Waals surface area contributed by atoms with Gasteiger partial charge in [-0.1, -0.05) is 48.2 Å². The summed E-state index contributed by atoms with van der Waals surface area (Å²) in [5, 5.41) is 4.65. The highest BCUT2D eigenvalue weighted by Crippen LogP contribution is 2.31. The molecule has 132 valence electrons. The summed E-state index contributed by atoms with van der Waals surface area (Å²) >= 11 is 1.28. The molecule has 3 aromatic rings. The molecule has 0 atom stereocenters. The molecule has 0 aliphatic heterocycles. The van der Waals surface area contributed by atoms with E-state index in [0.717, 1.165) is 9.58 Å². The predicted molar refractivity (Wildman–Crippen MR) is 96.7 cm³/mol. The topological polar surface area (TPSA) is 70.4 Å². The van der Waals surface area contributed by atoms with E-state index in [9.17, 15) is 9.59 Å². The summed E-state index contributed by atoms with van der Waals surface area (Å²) in [4.78, 5) is 25.6. The molecule has 1 aromatic heterocycles. The van der Waals surface area contributed by atoms with Gasteiger partial charge in [-0.2, -0.15) is 9.78 Å². The van der Waals surface area contributed by atoms with Crippen LogP contribution in [0, 0.1) is 6.92 Å². The molecule has 0 unspecified atom stereocenters. The number of carbonyl (C=O) groups is 2. The second-order valence-electron chi connectivity index (χ2n) is 5.27. The molecule has 2 aromatic carbocycles. The number of rotatable bonds is 4. The third-order valence-corrected chi connectivity index (χ3v) is 4.54. The molecule has 7 heteroatoms. The van der Waals surface area contributed by atoms with Gasteiger partial charge in [-0.25, -0.2) is 9.59 Å². The minimum Gasteiger partial charge on any atom is -0.465 e. The van der Waals surface area contributed by atoms with E-state index >= 15 is 0 Å². The zero-order valence-corrected chi connectivity index (χ0v) is 15.0. The molecule has 0 fully saturated rings. The van der Waals surface area contributed by atoms with Gasteiger partial charge in [0.05, 0.1) is 12.8 Å². The van der Waals surface area contributed by atoms with Gasteiger partial charge < -0.3 is 9.47 Å². The van der Waals surface area contributed by atoms with Crippen LogP contribution in [0.4, 0.5) is 4.79 Å². The van der Waals surface area contributed by atoms with Crippen molar-refractivity contribution in [3.63, 3.8) is 0 Å². The molecule has 0 radical (unpaired) electrons. The number of aromatic nitrogens is 2. The van der Waals surface area contributed by atoms with Gasteiger partial charge in [0.15, 0.2) is 0 Å². The molecule has 26 heavy (non-hydrogen) atoms. The monoisotopic (exact) mass is 368 g/mol. The Morgan fingerprint density at radius 3 is 2.23 bits per heavy atom. The lowest BCUT2D eigenvalue weighted by Gasteiger charge is -2.05. The molecule has 1 heterocycles. The summed E-state index contributed by atoms with van der Waals surface area (Å²) in [6.45, 7) is 1.63. The predicted octanol–water partition coefficient (Wildman–Crippen LogP) is 4.18. The average Bonchev–Trinajstić information content (AvgIpc) is 2.99. The lowest BCUT2D eigenvalue weighted by atomic mass is 10.3. The van der Waals surface area contributed by atoms with Crippen LogP contribution < -0.4 is 4.74 Å². The Morgan fingerprint density at radius 1 is 1.00 bits per heavy atom. The van der Waals surface area contributed by atoms with E-state index in [1.54, 1.807) is 31.2 Å². The van der Waals surface area contributed by atoms with Crippen LogP contribution in [0.15, 0.2) is 70.6 Å². The van der Waals surface area contributed by atoms with Crippen molar-refractivity contribution in [3.8, 4) is 5.75 Å². The first-order valence-electron chi connectivity index (χ1n) is 7.78. The third-order valence-electron chi connectivity index (χ3n) is 3.55. The number of ether oxygens (including phenoxy) is 2. The smallest absolute Gasteiger partial charge is 0.440 e. The molecule has 0 bridgehead atoms. The number of para-hydroxylation sites is 1. The molecule has 0 aliphatic rings. The largest absolute Gasteiger partial charge is 0.465 e. The Kier molecular flexibility index (Phi) is 5.38. The first kappa shape index (κ1) is 17.8. The van der Waals surface area contributed by atoms with Crippen molar-refractivity contribution < 1.29 is 19.1 Å². The molecule has 0 saturated heterocycles. The lowest BCUT2D eigenvalue weighted by molar-refractivity contribution is 0.0596. The highest BCUT2D eigenvalue weighted by Gasteiger charge is 2.26. The highest BCUT2D eigenvalue weighted by atomic mass is 32.2. The van der Waals surface area contributed by atoms with Crippen LogP contribution in [-0.2, 0) is 4.74 Å². The third kappa shape index (κ3) is 3.78. The Labute approximate surface area is 154 Å². The Bertz CT molecular complexity index is 923. The van der Waals surface area contributed by atoms with Gasteiger partial charge in [-0.05, 0) is 31.2 Å². The Hall–Kier alpha value is -3.06. The minimum absolute atomic E-state index is 0.242. The Balaban J connectivity index is 1.95. The SMILES string of the molecule is COC(=O)c1c(Sc2ccccc2)nn(C(=O)Oc2ccccc2)c1C. The molecule has 0 spiro atoms. The van der Waals surface area contributed by atoms with E-state index in [2.05, 4.69) is 5.10 Å². The number of esters is 1. The van der Waals surface area contributed by atoms with Crippen molar-refractivity contribution in [2.75, 3.05) is 7.11 Å². The van der Waals surface area contributed by atoms with Crippen LogP contribution in [0.3, 0.4) is 0 Å². The van der Waals surface area contributed by atoms with Gasteiger partial charge in [0.25, 0.3) is 0 Å². The summed E-state index contributed by atoms with van der Waals surface area (Å²) in [7, 11) is 1.29. The van der Waals surface area contributed by atoms with E-state index in [1.165, 1.54) is 18.9 Å².